The van der Waals surface area contributed by atoms with Crippen molar-refractivity contribution in [1.82, 2.24) is 19.5 Å². The number of anilines is 1. The van der Waals surface area contributed by atoms with Gasteiger partial charge in [-0.05, 0) is 35.4 Å². The fourth-order valence-corrected chi connectivity index (χ4v) is 7.06. The molecule has 10 nitrogen and oxygen atoms in total. The molecular formula is C25H25Cl2N5O5S2. The number of carbonyl (C=O) groups excluding carboxylic acids is 1. The van der Waals surface area contributed by atoms with Gasteiger partial charge >= 0.3 is 0 Å². The topological polar surface area (TPSA) is 115 Å². The van der Waals surface area contributed by atoms with Crippen molar-refractivity contribution in [3.8, 4) is 5.75 Å². The Hall–Kier alpha value is -2.87. The molecule has 4 aromatic rings. The van der Waals surface area contributed by atoms with E-state index in [0.29, 0.717) is 40.7 Å². The minimum Gasteiger partial charge on any atom is -0.496 e. The van der Waals surface area contributed by atoms with Crippen LogP contribution in [0.15, 0.2) is 58.8 Å². The Labute approximate surface area is 239 Å². The third kappa shape index (κ3) is 6.16. The lowest BCUT2D eigenvalue weighted by atomic mass is 10.1. The second kappa shape index (κ2) is 11.7. The van der Waals surface area contributed by atoms with E-state index >= 15 is 0 Å². The van der Waals surface area contributed by atoms with Crippen LogP contribution in [0.25, 0.3) is 10.9 Å². The molecule has 0 saturated carbocycles. The zero-order valence-electron chi connectivity index (χ0n) is 20.8. The van der Waals surface area contributed by atoms with Gasteiger partial charge in [-0.2, -0.15) is 5.10 Å². The Morgan fingerprint density at radius 2 is 2.05 bits per heavy atom. The SMILES string of the molecule is COc1cccc2c1c(NS(=O)(=O)c1ccc(Cl)s1)nn2Cc1cccc(CN(Cl)C(=O)[C@H]2COCCN2)c1. The van der Waals surface area contributed by atoms with Crippen LogP contribution in [0.2, 0.25) is 4.34 Å². The number of aromatic nitrogens is 2. The Bertz CT molecular complexity index is 1600. The summed E-state index contributed by atoms with van der Waals surface area (Å²) in [6.45, 7) is 1.97. The molecule has 1 saturated heterocycles. The van der Waals surface area contributed by atoms with Crippen molar-refractivity contribution in [2.24, 2.45) is 0 Å². The highest BCUT2D eigenvalue weighted by molar-refractivity contribution is 7.94. The first-order chi connectivity index (χ1) is 18.7. The van der Waals surface area contributed by atoms with E-state index in [0.717, 1.165) is 26.9 Å². The van der Waals surface area contributed by atoms with E-state index in [4.69, 9.17) is 32.9 Å². The van der Waals surface area contributed by atoms with Crippen molar-refractivity contribution in [3.05, 3.63) is 70.1 Å². The van der Waals surface area contributed by atoms with Crippen LogP contribution in [-0.2, 0) is 32.6 Å². The fourth-order valence-electron chi connectivity index (χ4n) is 4.31. The number of nitrogens with zero attached hydrogens (tertiary/aromatic N) is 3. The van der Waals surface area contributed by atoms with Crippen molar-refractivity contribution >= 4 is 67.4 Å². The van der Waals surface area contributed by atoms with Gasteiger partial charge in [0.05, 0.1) is 48.7 Å². The van der Waals surface area contributed by atoms with E-state index in [9.17, 15) is 13.2 Å². The number of morpholine rings is 1. The molecule has 0 aliphatic carbocycles. The third-order valence-corrected chi connectivity index (χ3v) is 9.46. The van der Waals surface area contributed by atoms with Gasteiger partial charge in [-0.25, -0.2) is 12.8 Å². The summed E-state index contributed by atoms with van der Waals surface area (Å²) in [6, 6.07) is 15.5. The van der Waals surface area contributed by atoms with Crippen molar-refractivity contribution in [2.45, 2.75) is 23.3 Å². The summed E-state index contributed by atoms with van der Waals surface area (Å²) in [4.78, 5) is 12.7. The first-order valence-corrected chi connectivity index (χ1v) is 14.9. The summed E-state index contributed by atoms with van der Waals surface area (Å²) in [5, 5.41) is 8.23. The number of ether oxygens (including phenoxy) is 2. The molecule has 0 radical (unpaired) electrons. The van der Waals surface area contributed by atoms with Crippen LogP contribution in [0, 0.1) is 0 Å². The van der Waals surface area contributed by atoms with Gasteiger partial charge in [-0.3, -0.25) is 14.2 Å². The maximum Gasteiger partial charge on any atom is 0.272 e. The molecule has 0 bridgehead atoms. The van der Waals surface area contributed by atoms with E-state index in [2.05, 4.69) is 15.1 Å². The Morgan fingerprint density at radius 1 is 1.26 bits per heavy atom. The second-order valence-corrected chi connectivity index (χ2v) is 12.8. The number of hydrogen-bond acceptors (Lipinski definition) is 8. The highest BCUT2D eigenvalue weighted by atomic mass is 35.5. The lowest BCUT2D eigenvalue weighted by molar-refractivity contribution is -0.132. The summed E-state index contributed by atoms with van der Waals surface area (Å²) in [6.07, 6.45) is 0. The van der Waals surface area contributed by atoms with Crippen molar-refractivity contribution in [3.63, 3.8) is 0 Å². The zero-order chi connectivity index (χ0) is 27.6. The molecular weight excluding hydrogens is 585 g/mol. The monoisotopic (exact) mass is 609 g/mol. The smallest absolute Gasteiger partial charge is 0.272 e. The van der Waals surface area contributed by atoms with Gasteiger partial charge in [0.2, 0.25) is 0 Å². The molecule has 1 fully saturated rings. The number of fused-ring (bicyclic) bond motifs is 1. The number of benzene rings is 2. The van der Waals surface area contributed by atoms with Gasteiger partial charge in [0.25, 0.3) is 15.9 Å². The fraction of sp³-hybridized carbons (Fsp3) is 0.280. The normalized spacial score (nSPS) is 15.8. The van der Waals surface area contributed by atoms with Crippen molar-refractivity contribution in [2.75, 3.05) is 31.6 Å². The first kappa shape index (κ1) is 27.7. The molecule has 1 aliphatic rings. The van der Waals surface area contributed by atoms with E-state index in [1.54, 1.807) is 10.7 Å². The summed E-state index contributed by atoms with van der Waals surface area (Å²) in [7, 11) is -2.40. The molecule has 2 aromatic heterocycles. The number of thiophene rings is 1. The van der Waals surface area contributed by atoms with Gasteiger partial charge in [0.1, 0.15) is 16.0 Å². The van der Waals surface area contributed by atoms with Crippen LogP contribution in [0.5, 0.6) is 5.75 Å². The highest BCUT2D eigenvalue weighted by Crippen LogP contribution is 2.35. The van der Waals surface area contributed by atoms with Gasteiger partial charge in [0, 0.05) is 18.3 Å². The molecule has 1 amide bonds. The number of methoxy groups -OCH3 is 1. The third-order valence-electron chi connectivity index (χ3n) is 6.11. The maximum atomic E-state index is 13.0. The number of sulfonamides is 1. The molecule has 2 N–H and O–H groups in total. The zero-order valence-corrected chi connectivity index (χ0v) is 23.9. The maximum absolute atomic E-state index is 13.0. The molecule has 39 heavy (non-hydrogen) atoms. The average Bonchev–Trinajstić information content (AvgIpc) is 3.53. The van der Waals surface area contributed by atoms with Gasteiger partial charge < -0.3 is 14.8 Å². The van der Waals surface area contributed by atoms with Crippen LogP contribution in [0.3, 0.4) is 0 Å². The van der Waals surface area contributed by atoms with Gasteiger partial charge in [-0.15, -0.1) is 11.3 Å². The quantitative estimate of drug-likeness (QED) is 0.275. The molecule has 1 atom stereocenters. The summed E-state index contributed by atoms with van der Waals surface area (Å²) in [5.41, 5.74) is 2.40. The van der Waals surface area contributed by atoms with E-state index in [1.165, 1.54) is 19.2 Å². The predicted molar refractivity (Wildman–Crippen MR) is 151 cm³/mol. The number of hydrogen-bond donors (Lipinski definition) is 2. The summed E-state index contributed by atoms with van der Waals surface area (Å²) >= 11 is 13.2. The average molecular weight is 611 g/mol. The number of amides is 1. The van der Waals surface area contributed by atoms with Crippen LogP contribution in [0.4, 0.5) is 5.82 Å². The molecule has 5 rings (SSSR count). The first-order valence-electron chi connectivity index (χ1n) is 11.9. The number of halogens is 2. The van der Waals surface area contributed by atoms with Crippen LogP contribution >= 0.6 is 34.7 Å². The number of nitrogens with one attached hydrogen (secondary N) is 2. The van der Waals surface area contributed by atoms with Crippen LogP contribution < -0.4 is 14.8 Å². The second-order valence-electron chi connectivity index (χ2n) is 8.78. The van der Waals surface area contributed by atoms with Gasteiger partial charge in [-0.1, -0.05) is 41.9 Å². The van der Waals surface area contributed by atoms with Gasteiger partial charge in [0.15, 0.2) is 5.82 Å². The summed E-state index contributed by atoms with van der Waals surface area (Å²) in [5.74, 6) is 0.366. The minimum absolute atomic E-state index is 0.0768. The predicted octanol–water partition coefficient (Wildman–Crippen LogP) is 4.08. The molecule has 0 unspecified atom stereocenters. The molecule has 0 spiro atoms. The molecule has 14 heteroatoms. The Morgan fingerprint density at radius 3 is 2.77 bits per heavy atom. The van der Waals surface area contributed by atoms with E-state index in [-0.39, 0.29) is 29.1 Å². The largest absolute Gasteiger partial charge is 0.496 e. The Balaban J connectivity index is 1.40. The highest BCUT2D eigenvalue weighted by Gasteiger charge is 2.26. The lowest BCUT2D eigenvalue weighted by Gasteiger charge is -2.26. The lowest BCUT2D eigenvalue weighted by Crippen LogP contribution is -2.50. The number of carbonyl (C=O) groups is 1. The molecule has 1 aliphatic heterocycles. The van der Waals surface area contributed by atoms with E-state index < -0.39 is 16.1 Å². The molecule has 206 valence electrons. The van der Waals surface area contributed by atoms with Crippen LogP contribution in [-0.4, -0.2) is 61.4 Å². The Kier molecular flexibility index (Phi) is 8.31. The van der Waals surface area contributed by atoms with E-state index in [1.807, 2.05) is 36.4 Å². The molecule has 2 aromatic carbocycles. The van der Waals surface area contributed by atoms with Crippen LogP contribution in [0.1, 0.15) is 11.1 Å². The standard InChI is InChI=1S/C25H25Cl2N5O5S2/c1-36-20-7-3-6-19-23(20)24(30-39(34,35)22-9-8-21(26)38-22)29-32(19)14-17-5-2-4-16(12-17)13-31(27)25(33)18-15-37-11-10-28-18/h2-9,12,18,28H,10-11,13-15H2,1H3,(H,29,30)/t18-/m1/s1. The molecule has 3 heterocycles. The van der Waals surface area contributed by atoms with Crippen molar-refractivity contribution < 1.29 is 22.7 Å². The number of rotatable bonds is 9. The minimum atomic E-state index is -3.92. The van der Waals surface area contributed by atoms with Crippen molar-refractivity contribution in [1.29, 1.82) is 0 Å². The summed E-state index contributed by atoms with van der Waals surface area (Å²) < 4.78 is 42.8.